The molecule has 3 heterocycles. The van der Waals surface area contributed by atoms with E-state index in [-0.39, 0.29) is 22.9 Å². The lowest BCUT2D eigenvalue weighted by atomic mass is 10.1. The lowest BCUT2D eigenvalue weighted by Gasteiger charge is -2.27. The molecule has 0 saturated carbocycles. The van der Waals surface area contributed by atoms with Crippen LogP contribution in [0.25, 0.3) is 5.65 Å². The molecule has 1 saturated heterocycles. The number of nitrogens with two attached hydrogens (primary N) is 1. The Bertz CT molecular complexity index is 931. The molecule has 0 aromatic carbocycles. The molecule has 2 amide bonds. The third kappa shape index (κ3) is 3.98. The average molecular weight is 367 g/mol. The lowest BCUT2D eigenvalue weighted by molar-refractivity contribution is -0.130. The first kappa shape index (κ1) is 18.6. The zero-order valence-electron chi connectivity index (χ0n) is 14.8. The Kier molecular flexibility index (Phi) is 5.50. The van der Waals surface area contributed by atoms with Crippen LogP contribution in [-0.2, 0) is 14.3 Å². The van der Waals surface area contributed by atoms with Gasteiger partial charge in [-0.05, 0) is 6.07 Å². The first-order valence-electron chi connectivity index (χ1n) is 8.23. The van der Waals surface area contributed by atoms with E-state index in [1.807, 2.05) is 0 Å². The molecule has 0 atom stereocenters. The number of nitrogens with one attached hydrogen (secondary N) is 1. The molecule has 0 bridgehead atoms. The van der Waals surface area contributed by atoms with Crippen LogP contribution in [0, 0.1) is 0 Å². The fourth-order valence-corrected chi connectivity index (χ4v) is 2.70. The van der Waals surface area contributed by atoms with Crippen LogP contribution in [0.3, 0.4) is 0 Å². The van der Waals surface area contributed by atoms with Crippen LogP contribution in [0.4, 0.5) is 5.69 Å². The number of ether oxygens (including phenoxy) is 1. The highest BCUT2D eigenvalue weighted by Crippen LogP contribution is 2.12. The van der Waals surface area contributed by atoms with Crippen molar-refractivity contribution in [3.8, 4) is 0 Å². The summed E-state index contributed by atoms with van der Waals surface area (Å²) >= 11 is 0. The molecule has 2 aromatic heterocycles. The largest absolute Gasteiger partial charge is 0.404 e. The summed E-state index contributed by atoms with van der Waals surface area (Å²) in [5, 5.41) is 6.65. The fraction of sp³-hybridized carbons (Fsp3) is 0.312. The molecule has 0 unspecified atom stereocenters. The molecular formula is C16H18BN7O3. The molecule has 1 aliphatic rings. The van der Waals surface area contributed by atoms with Crippen LogP contribution < -0.4 is 16.8 Å². The number of hydrogen-bond donors (Lipinski definition) is 2. The molecule has 11 heteroatoms. The summed E-state index contributed by atoms with van der Waals surface area (Å²) in [5.74, 6) is -0.926. The smallest absolute Gasteiger partial charge is 0.274 e. The summed E-state index contributed by atoms with van der Waals surface area (Å²) in [7, 11) is 6.98. The summed E-state index contributed by atoms with van der Waals surface area (Å²) in [5.41, 5.74) is 6.65. The van der Waals surface area contributed by atoms with Crippen LogP contribution >= 0.6 is 0 Å². The van der Waals surface area contributed by atoms with Crippen molar-refractivity contribution in [2.75, 3.05) is 38.7 Å². The quantitative estimate of drug-likeness (QED) is 0.374. The monoisotopic (exact) mass is 367 g/mol. The second-order valence-electron chi connectivity index (χ2n) is 5.70. The number of aliphatic imine (C=N–C) groups is 1. The Morgan fingerprint density at radius 1 is 1.41 bits per heavy atom. The molecule has 1 fully saturated rings. The second kappa shape index (κ2) is 8.00. The fourth-order valence-electron chi connectivity index (χ4n) is 2.70. The number of morpholine rings is 1. The molecule has 2 aromatic rings. The van der Waals surface area contributed by atoms with Crippen molar-refractivity contribution in [1.29, 1.82) is 0 Å². The van der Waals surface area contributed by atoms with Gasteiger partial charge in [0.05, 0.1) is 24.5 Å². The van der Waals surface area contributed by atoms with Gasteiger partial charge in [0.2, 0.25) is 0 Å². The number of anilines is 1. The second-order valence-corrected chi connectivity index (χ2v) is 5.70. The zero-order valence-corrected chi connectivity index (χ0v) is 14.8. The Balaban J connectivity index is 1.78. The van der Waals surface area contributed by atoms with Gasteiger partial charge in [0, 0.05) is 44.3 Å². The Morgan fingerprint density at radius 2 is 2.15 bits per heavy atom. The van der Waals surface area contributed by atoms with Gasteiger partial charge in [-0.25, -0.2) is 9.50 Å². The van der Waals surface area contributed by atoms with E-state index in [1.165, 1.54) is 11.6 Å². The summed E-state index contributed by atoms with van der Waals surface area (Å²) in [4.78, 5) is 34.9. The van der Waals surface area contributed by atoms with E-state index in [9.17, 15) is 9.59 Å². The van der Waals surface area contributed by atoms with Crippen molar-refractivity contribution < 1.29 is 14.3 Å². The summed E-state index contributed by atoms with van der Waals surface area (Å²) in [6.45, 7) is 1.74. The minimum absolute atomic E-state index is 0.0321. The van der Waals surface area contributed by atoms with Gasteiger partial charge in [-0.2, -0.15) is 5.10 Å². The normalized spacial score (nSPS) is 15.8. The number of rotatable bonds is 4. The standard InChI is InChI=1S/C16H18BN7O3/c1-19-13(11(9-18)15(26)23-4-6-27-7-5-23)14(25)20-10-2-3-24-12(8-10)21-16(17)22-24/h2-3,8-9H,4-7,18H2,1H3,(H,20,25). The summed E-state index contributed by atoms with van der Waals surface area (Å²) < 4.78 is 6.72. The number of carbonyl (C=O) groups excluding carboxylic acids is 2. The SMILES string of the molecule is [B]c1nc2cc(NC(=O)C(=NC)C(=CN)C(=O)N3CCOCC3)ccn2n1. The Hall–Kier alpha value is -3.21. The number of pyridine rings is 1. The topological polar surface area (TPSA) is 127 Å². The maximum absolute atomic E-state index is 12.7. The molecule has 138 valence electrons. The number of amides is 2. The van der Waals surface area contributed by atoms with Gasteiger partial charge in [-0.3, -0.25) is 14.6 Å². The predicted molar refractivity (Wildman–Crippen MR) is 100 cm³/mol. The lowest BCUT2D eigenvalue weighted by Crippen LogP contribution is -2.44. The Morgan fingerprint density at radius 3 is 2.81 bits per heavy atom. The first-order valence-corrected chi connectivity index (χ1v) is 8.23. The summed E-state index contributed by atoms with van der Waals surface area (Å²) in [6.07, 6.45) is 2.71. The minimum atomic E-state index is -0.562. The van der Waals surface area contributed by atoms with E-state index in [1.54, 1.807) is 23.2 Å². The molecule has 27 heavy (non-hydrogen) atoms. The van der Waals surface area contributed by atoms with Crippen LogP contribution in [0.2, 0.25) is 0 Å². The Labute approximate surface area is 156 Å². The van der Waals surface area contributed by atoms with Gasteiger partial charge in [0.1, 0.15) is 5.71 Å². The van der Waals surface area contributed by atoms with E-state index in [0.717, 1.165) is 6.20 Å². The van der Waals surface area contributed by atoms with Crippen LogP contribution in [0.5, 0.6) is 0 Å². The van der Waals surface area contributed by atoms with Gasteiger partial charge >= 0.3 is 0 Å². The van der Waals surface area contributed by atoms with Crippen LogP contribution in [0.1, 0.15) is 0 Å². The average Bonchev–Trinajstić information content (AvgIpc) is 3.05. The predicted octanol–water partition coefficient (Wildman–Crippen LogP) is -1.77. The van der Waals surface area contributed by atoms with Gasteiger partial charge in [-0.15, -0.1) is 0 Å². The van der Waals surface area contributed by atoms with Crippen LogP contribution in [-0.4, -0.2) is 78.2 Å². The molecule has 2 radical (unpaired) electrons. The number of carbonyl (C=O) groups is 2. The molecule has 3 N–H and O–H groups in total. The number of aromatic nitrogens is 3. The third-order valence-electron chi connectivity index (χ3n) is 4.00. The van der Waals surface area contributed by atoms with Crippen molar-refractivity contribution in [1.82, 2.24) is 19.5 Å². The highest BCUT2D eigenvalue weighted by Gasteiger charge is 2.27. The van der Waals surface area contributed by atoms with Crippen molar-refractivity contribution in [3.05, 3.63) is 30.1 Å². The molecule has 1 aliphatic heterocycles. The highest BCUT2D eigenvalue weighted by atomic mass is 16.5. The molecule has 0 spiro atoms. The molecule has 10 nitrogen and oxygen atoms in total. The third-order valence-corrected chi connectivity index (χ3v) is 4.00. The van der Waals surface area contributed by atoms with Crippen molar-refractivity contribution in [2.24, 2.45) is 10.7 Å². The van der Waals surface area contributed by atoms with Crippen molar-refractivity contribution in [3.63, 3.8) is 0 Å². The highest BCUT2D eigenvalue weighted by molar-refractivity contribution is 6.53. The number of hydrogen-bond acceptors (Lipinski definition) is 7. The van der Waals surface area contributed by atoms with Crippen molar-refractivity contribution in [2.45, 2.75) is 0 Å². The zero-order chi connectivity index (χ0) is 19.4. The van der Waals surface area contributed by atoms with Crippen LogP contribution in [0.15, 0.2) is 35.1 Å². The van der Waals surface area contributed by atoms with Gasteiger partial charge < -0.3 is 20.7 Å². The van der Waals surface area contributed by atoms with E-state index in [0.29, 0.717) is 37.6 Å². The maximum Gasteiger partial charge on any atom is 0.274 e. The van der Waals surface area contributed by atoms with Gasteiger partial charge in [-0.1, -0.05) is 0 Å². The van der Waals surface area contributed by atoms with Crippen molar-refractivity contribution >= 4 is 42.4 Å². The van der Waals surface area contributed by atoms with E-state index >= 15 is 0 Å². The number of nitrogens with zero attached hydrogens (tertiary/aromatic N) is 5. The van der Waals surface area contributed by atoms with Gasteiger partial charge in [0.25, 0.3) is 11.8 Å². The first-order chi connectivity index (χ1) is 13.0. The maximum atomic E-state index is 12.7. The molecule has 3 rings (SSSR count). The van der Waals surface area contributed by atoms with E-state index in [2.05, 4.69) is 20.4 Å². The number of fused-ring (bicyclic) bond motifs is 1. The van der Waals surface area contributed by atoms with E-state index < -0.39 is 5.91 Å². The minimum Gasteiger partial charge on any atom is -0.404 e. The van der Waals surface area contributed by atoms with E-state index in [4.69, 9.17) is 18.3 Å². The van der Waals surface area contributed by atoms with Gasteiger partial charge in [0.15, 0.2) is 13.5 Å². The molecular weight excluding hydrogens is 349 g/mol. The summed E-state index contributed by atoms with van der Waals surface area (Å²) in [6, 6.07) is 3.23. The molecule has 0 aliphatic carbocycles.